The fourth-order valence-corrected chi connectivity index (χ4v) is 3.48. The van der Waals surface area contributed by atoms with Crippen molar-refractivity contribution < 1.29 is 9.59 Å². The highest BCUT2D eigenvalue weighted by Crippen LogP contribution is 2.21. The van der Waals surface area contributed by atoms with Crippen LogP contribution in [0, 0.1) is 6.92 Å². The Morgan fingerprint density at radius 3 is 2.29 bits per heavy atom. The van der Waals surface area contributed by atoms with Gasteiger partial charge in [-0.25, -0.2) is 0 Å². The van der Waals surface area contributed by atoms with Crippen LogP contribution in [0.25, 0.3) is 0 Å². The second-order valence-electron chi connectivity index (χ2n) is 7.29. The van der Waals surface area contributed by atoms with Crippen LogP contribution in [-0.4, -0.2) is 42.9 Å². The molecule has 5 heteroatoms. The normalized spacial score (nSPS) is 14.1. The third-order valence-electron chi connectivity index (χ3n) is 5.26. The van der Waals surface area contributed by atoms with Gasteiger partial charge in [0.25, 0.3) is 5.91 Å². The molecule has 1 N–H and O–H groups in total. The number of amides is 2. The van der Waals surface area contributed by atoms with Crippen molar-refractivity contribution in [3.8, 4) is 0 Å². The van der Waals surface area contributed by atoms with E-state index in [0.29, 0.717) is 12.0 Å². The van der Waals surface area contributed by atoms with Crippen molar-refractivity contribution in [2.75, 3.05) is 36.4 Å². The molecule has 1 heterocycles. The first-order valence-corrected chi connectivity index (χ1v) is 10.1. The van der Waals surface area contributed by atoms with E-state index in [9.17, 15) is 9.59 Å². The van der Waals surface area contributed by atoms with Crippen molar-refractivity contribution in [1.29, 1.82) is 0 Å². The molecule has 1 aliphatic rings. The zero-order chi connectivity index (χ0) is 19.9. The summed E-state index contributed by atoms with van der Waals surface area (Å²) in [5.41, 5.74) is 3.55. The van der Waals surface area contributed by atoms with E-state index in [2.05, 4.69) is 17.1 Å². The summed E-state index contributed by atoms with van der Waals surface area (Å²) in [4.78, 5) is 28.9. The molecule has 1 fully saturated rings. The van der Waals surface area contributed by atoms with Crippen molar-refractivity contribution >= 4 is 23.2 Å². The monoisotopic (exact) mass is 379 g/mol. The minimum atomic E-state index is -0.0925. The van der Waals surface area contributed by atoms with Gasteiger partial charge in [-0.15, -0.1) is 0 Å². The Morgan fingerprint density at radius 2 is 1.64 bits per heavy atom. The predicted octanol–water partition coefficient (Wildman–Crippen LogP) is 4.09. The van der Waals surface area contributed by atoms with Crippen LogP contribution >= 0.6 is 0 Å². The summed E-state index contributed by atoms with van der Waals surface area (Å²) in [5.74, 6) is 0.181. The number of anilines is 2. The first-order valence-electron chi connectivity index (χ1n) is 10.1. The molecule has 0 aliphatic carbocycles. The maximum Gasteiger partial charge on any atom is 0.255 e. The van der Waals surface area contributed by atoms with Crippen LogP contribution in [0.5, 0.6) is 0 Å². The van der Waals surface area contributed by atoms with Crippen LogP contribution in [0.15, 0.2) is 48.5 Å². The van der Waals surface area contributed by atoms with Crippen LogP contribution in [0.2, 0.25) is 0 Å². The molecule has 2 amide bonds. The third kappa shape index (κ3) is 4.91. The van der Waals surface area contributed by atoms with E-state index < -0.39 is 0 Å². The van der Waals surface area contributed by atoms with Gasteiger partial charge in [-0.2, -0.15) is 0 Å². The molecule has 0 aromatic heterocycles. The van der Waals surface area contributed by atoms with Crippen LogP contribution in [0.1, 0.15) is 42.1 Å². The van der Waals surface area contributed by atoms with Gasteiger partial charge in [0.05, 0.1) is 0 Å². The first kappa shape index (κ1) is 19.9. The number of hydrogen-bond acceptors (Lipinski definition) is 3. The summed E-state index contributed by atoms with van der Waals surface area (Å²) in [6, 6.07) is 15.5. The number of nitrogens with one attached hydrogen (secondary N) is 1. The fourth-order valence-electron chi connectivity index (χ4n) is 3.48. The second kappa shape index (κ2) is 9.40. The molecule has 3 rings (SSSR count). The van der Waals surface area contributed by atoms with Gasteiger partial charge in [-0.05, 0) is 49.2 Å². The molecule has 28 heavy (non-hydrogen) atoms. The maximum absolute atomic E-state index is 12.4. The smallest absolute Gasteiger partial charge is 0.255 e. The largest absolute Gasteiger partial charge is 0.368 e. The molecule has 1 saturated heterocycles. The number of carbonyl (C=O) groups excluding carboxylic acids is 2. The summed E-state index contributed by atoms with van der Waals surface area (Å²) in [6.07, 6.45) is 2.68. The van der Waals surface area contributed by atoms with Gasteiger partial charge in [0.1, 0.15) is 0 Å². The quantitative estimate of drug-likeness (QED) is 0.823. The number of rotatable bonds is 6. The predicted molar refractivity (Wildman–Crippen MR) is 114 cm³/mol. The van der Waals surface area contributed by atoms with E-state index in [4.69, 9.17) is 0 Å². The molecule has 5 nitrogen and oxygen atoms in total. The number of unbranched alkanes of at least 4 members (excludes halogenated alkanes) is 1. The minimum absolute atomic E-state index is 0.0925. The Hall–Kier alpha value is -2.82. The SMILES string of the molecule is CCCCC(=O)N1CCN(c2ccc(NC(=O)c3ccccc3C)cc2)CC1. The topological polar surface area (TPSA) is 52.7 Å². The highest BCUT2D eigenvalue weighted by atomic mass is 16.2. The number of aryl methyl sites for hydroxylation is 1. The van der Waals surface area contributed by atoms with E-state index in [0.717, 1.165) is 56.0 Å². The lowest BCUT2D eigenvalue weighted by Gasteiger charge is -2.36. The molecular formula is C23H29N3O2. The van der Waals surface area contributed by atoms with Gasteiger partial charge in [-0.1, -0.05) is 31.5 Å². The van der Waals surface area contributed by atoms with E-state index in [1.54, 1.807) is 0 Å². The first-order chi connectivity index (χ1) is 13.6. The Bertz CT molecular complexity index is 809. The Morgan fingerprint density at radius 1 is 0.964 bits per heavy atom. The standard InChI is InChI=1S/C23H29N3O2/c1-3-4-9-22(27)26-16-14-25(15-17-26)20-12-10-19(11-13-20)24-23(28)21-8-6-5-7-18(21)2/h5-8,10-13H,3-4,9,14-17H2,1-2H3,(H,24,28). The summed E-state index contributed by atoms with van der Waals surface area (Å²) in [6.45, 7) is 7.27. The Kier molecular flexibility index (Phi) is 6.69. The lowest BCUT2D eigenvalue weighted by molar-refractivity contribution is -0.131. The molecular weight excluding hydrogens is 350 g/mol. The number of nitrogens with zero attached hydrogens (tertiary/aromatic N) is 2. The zero-order valence-electron chi connectivity index (χ0n) is 16.8. The van der Waals surface area contributed by atoms with Crippen LogP contribution in [0.3, 0.4) is 0 Å². The van der Waals surface area contributed by atoms with Crippen molar-refractivity contribution in [2.24, 2.45) is 0 Å². The van der Waals surface area contributed by atoms with Crippen LogP contribution in [-0.2, 0) is 4.79 Å². The highest BCUT2D eigenvalue weighted by molar-refractivity contribution is 6.05. The molecule has 1 aliphatic heterocycles. The lowest BCUT2D eigenvalue weighted by atomic mass is 10.1. The van der Waals surface area contributed by atoms with E-state index >= 15 is 0 Å². The summed E-state index contributed by atoms with van der Waals surface area (Å²) in [5, 5.41) is 2.96. The van der Waals surface area contributed by atoms with Gasteiger partial charge < -0.3 is 15.1 Å². The highest BCUT2D eigenvalue weighted by Gasteiger charge is 2.20. The zero-order valence-corrected chi connectivity index (χ0v) is 16.8. The van der Waals surface area contributed by atoms with Crippen molar-refractivity contribution in [3.05, 3.63) is 59.7 Å². The maximum atomic E-state index is 12.4. The van der Waals surface area contributed by atoms with Gasteiger partial charge >= 0.3 is 0 Å². The van der Waals surface area contributed by atoms with Crippen molar-refractivity contribution in [3.63, 3.8) is 0 Å². The fraction of sp³-hybridized carbons (Fsp3) is 0.391. The van der Waals surface area contributed by atoms with Crippen molar-refractivity contribution in [2.45, 2.75) is 33.1 Å². The number of piperazine rings is 1. The molecule has 0 unspecified atom stereocenters. The number of hydrogen-bond donors (Lipinski definition) is 1. The van der Waals surface area contributed by atoms with Gasteiger partial charge in [0.15, 0.2) is 0 Å². The molecule has 0 saturated carbocycles. The van der Waals surface area contributed by atoms with Gasteiger partial charge in [0, 0.05) is 49.5 Å². The van der Waals surface area contributed by atoms with Gasteiger partial charge in [0.2, 0.25) is 5.91 Å². The molecule has 0 bridgehead atoms. The van der Waals surface area contributed by atoms with Crippen molar-refractivity contribution in [1.82, 2.24) is 4.90 Å². The summed E-state index contributed by atoms with van der Waals surface area (Å²) in [7, 11) is 0. The molecule has 2 aromatic carbocycles. The second-order valence-corrected chi connectivity index (χ2v) is 7.29. The third-order valence-corrected chi connectivity index (χ3v) is 5.26. The molecule has 0 spiro atoms. The molecule has 148 valence electrons. The number of carbonyl (C=O) groups is 2. The minimum Gasteiger partial charge on any atom is -0.368 e. The number of benzene rings is 2. The van der Waals surface area contributed by atoms with E-state index in [1.165, 1.54) is 0 Å². The average molecular weight is 380 g/mol. The molecule has 0 atom stereocenters. The van der Waals surface area contributed by atoms with Gasteiger partial charge in [-0.3, -0.25) is 9.59 Å². The summed E-state index contributed by atoms with van der Waals surface area (Å²) < 4.78 is 0. The van der Waals surface area contributed by atoms with E-state index in [-0.39, 0.29) is 11.8 Å². The Labute approximate surface area is 167 Å². The molecule has 2 aromatic rings. The molecule has 0 radical (unpaired) electrons. The lowest BCUT2D eigenvalue weighted by Crippen LogP contribution is -2.48. The van der Waals surface area contributed by atoms with Crippen LogP contribution in [0.4, 0.5) is 11.4 Å². The average Bonchev–Trinajstić information content (AvgIpc) is 2.73. The van der Waals surface area contributed by atoms with E-state index in [1.807, 2.05) is 60.4 Å². The van der Waals surface area contributed by atoms with Crippen LogP contribution < -0.4 is 10.2 Å². The Balaban J connectivity index is 1.54. The summed E-state index contributed by atoms with van der Waals surface area (Å²) >= 11 is 0.